The molecule has 5 heteroatoms. The number of rotatable bonds is 2. The van der Waals surface area contributed by atoms with Gasteiger partial charge in [0.15, 0.2) is 0 Å². The summed E-state index contributed by atoms with van der Waals surface area (Å²) >= 11 is 8.57. The maximum Gasteiger partial charge on any atom is 0.266 e. The van der Waals surface area contributed by atoms with E-state index in [0.717, 1.165) is 26.9 Å². The van der Waals surface area contributed by atoms with Gasteiger partial charge in [0.05, 0.1) is 4.91 Å². The van der Waals surface area contributed by atoms with Crippen LogP contribution in [0.4, 0.5) is 0 Å². The van der Waals surface area contributed by atoms with Gasteiger partial charge in [-0.1, -0.05) is 43.2 Å². The van der Waals surface area contributed by atoms with E-state index in [-0.39, 0.29) is 5.91 Å². The molecule has 1 aliphatic carbocycles. The Kier molecular flexibility index (Phi) is 4.29. The number of carbonyl (C=O) groups is 1. The van der Waals surface area contributed by atoms with E-state index in [1.807, 2.05) is 11.0 Å². The first-order chi connectivity index (χ1) is 9.66. The van der Waals surface area contributed by atoms with E-state index in [0.29, 0.717) is 6.04 Å². The average molecular weight is 324 g/mol. The van der Waals surface area contributed by atoms with Crippen LogP contribution in [-0.4, -0.2) is 21.2 Å². The minimum Gasteiger partial charge on any atom is -0.290 e. The fraction of sp³-hybridized carbons (Fsp3) is 0.467. The molecular formula is C15H17NOS3. The summed E-state index contributed by atoms with van der Waals surface area (Å²) in [5, 5.41) is 2.06. The van der Waals surface area contributed by atoms with Crippen LogP contribution in [0.5, 0.6) is 0 Å². The molecule has 0 spiro atoms. The van der Waals surface area contributed by atoms with Gasteiger partial charge in [0.1, 0.15) is 4.32 Å². The first kappa shape index (κ1) is 14.3. The number of carbonyl (C=O) groups excluding carboxylic acids is 1. The van der Waals surface area contributed by atoms with Crippen molar-refractivity contribution < 1.29 is 4.79 Å². The summed E-state index contributed by atoms with van der Waals surface area (Å²) < 4.78 is 0.738. The van der Waals surface area contributed by atoms with E-state index in [9.17, 15) is 4.79 Å². The lowest BCUT2D eigenvalue weighted by Crippen LogP contribution is -2.39. The number of aryl methyl sites for hydroxylation is 1. The molecule has 3 rings (SSSR count). The highest BCUT2D eigenvalue weighted by Crippen LogP contribution is 2.38. The number of thiophene rings is 1. The second-order valence-corrected chi connectivity index (χ2v) is 7.93. The largest absolute Gasteiger partial charge is 0.290 e. The van der Waals surface area contributed by atoms with Crippen LogP contribution >= 0.6 is 35.3 Å². The van der Waals surface area contributed by atoms with Gasteiger partial charge >= 0.3 is 0 Å². The highest BCUT2D eigenvalue weighted by molar-refractivity contribution is 8.26. The Hall–Kier alpha value is -0.650. The van der Waals surface area contributed by atoms with Crippen LogP contribution in [-0.2, 0) is 4.79 Å². The lowest BCUT2D eigenvalue weighted by molar-refractivity contribution is -0.124. The topological polar surface area (TPSA) is 20.3 Å². The zero-order chi connectivity index (χ0) is 14.1. The highest BCUT2D eigenvalue weighted by Gasteiger charge is 2.37. The lowest BCUT2D eigenvalue weighted by Gasteiger charge is -2.29. The number of hydrogen-bond donors (Lipinski definition) is 0. The molecule has 2 fully saturated rings. The predicted molar refractivity (Wildman–Crippen MR) is 90.9 cm³/mol. The molecule has 1 aromatic rings. The Labute approximate surface area is 133 Å². The van der Waals surface area contributed by atoms with Gasteiger partial charge in [-0.05, 0) is 42.9 Å². The molecule has 0 aromatic carbocycles. The van der Waals surface area contributed by atoms with Crippen LogP contribution < -0.4 is 0 Å². The second-order valence-electron chi connectivity index (χ2n) is 5.31. The van der Waals surface area contributed by atoms with E-state index < -0.39 is 0 Å². The fourth-order valence-electron chi connectivity index (χ4n) is 2.79. The van der Waals surface area contributed by atoms with Crippen LogP contribution in [0.1, 0.15) is 42.5 Å². The predicted octanol–water partition coefficient (Wildman–Crippen LogP) is 4.59. The molecule has 0 bridgehead atoms. The van der Waals surface area contributed by atoms with E-state index >= 15 is 0 Å². The van der Waals surface area contributed by atoms with Crippen molar-refractivity contribution in [2.24, 2.45) is 0 Å². The van der Waals surface area contributed by atoms with Crippen LogP contribution in [0.2, 0.25) is 0 Å². The Balaban J connectivity index is 1.83. The average Bonchev–Trinajstić information content (AvgIpc) is 2.96. The van der Waals surface area contributed by atoms with Gasteiger partial charge in [0, 0.05) is 10.9 Å². The molecule has 1 saturated heterocycles. The molecule has 0 N–H and O–H groups in total. The van der Waals surface area contributed by atoms with Crippen molar-refractivity contribution in [3.05, 3.63) is 26.8 Å². The van der Waals surface area contributed by atoms with Gasteiger partial charge in [-0.15, -0.1) is 11.3 Å². The van der Waals surface area contributed by atoms with Gasteiger partial charge in [-0.25, -0.2) is 0 Å². The molecule has 1 amide bonds. The quantitative estimate of drug-likeness (QED) is 0.586. The Morgan fingerprint density at radius 1 is 1.35 bits per heavy atom. The third kappa shape index (κ3) is 2.71. The molecular weight excluding hydrogens is 306 g/mol. The molecule has 1 aromatic heterocycles. The van der Waals surface area contributed by atoms with Crippen molar-refractivity contribution >= 4 is 51.6 Å². The van der Waals surface area contributed by atoms with Crippen molar-refractivity contribution in [3.63, 3.8) is 0 Å². The van der Waals surface area contributed by atoms with Crippen molar-refractivity contribution in [2.45, 2.75) is 45.1 Å². The van der Waals surface area contributed by atoms with Crippen molar-refractivity contribution in [2.75, 3.05) is 0 Å². The normalized spacial score (nSPS) is 23.1. The maximum absolute atomic E-state index is 12.6. The molecule has 0 atom stereocenters. The summed E-state index contributed by atoms with van der Waals surface area (Å²) in [5.41, 5.74) is 1.22. The molecule has 2 nitrogen and oxygen atoms in total. The lowest BCUT2D eigenvalue weighted by atomic mass is 9.94. The number of thiocarbonyl (C=S) groups is 1. The van der Waals surface area contributed by atoms with Gasteiger partial charge in [0.2, 0.25) is 0 Å². The fourth-order valence-corrected chi connectivity index (χ4v) is 5.10. The van der Waals surface area contributed by atoms with Gasteiger partial charge in [0.25, 0.3) is 5.91 Å². The van der Waals surface area contributed by atoms with Gasteiger partial charge in [-0.3, -0.25) is 9.69 Å². The molecule has 20 heavy (non-hydrogen) atoms. The first-order valence-corrected chi connectivity index (χ1v) is 9.08. The van der Waals surface area contributed by atoms with E-state index in [2.05, 4.69) is 18.4 Å². The van der Waals surface area contributed by atoms with Crippen LogP contribution in [0.15, 0.2) is 16.4 Å². The second kappa shape index (κ2) is 6.00. The maximum atomic E-state index is 12.6. The highest BCUT2D eigenvalue weighted by atomic mass is 32.2. The Morgan fingerprint density at radius 2 is 2.10 bits per heavy atom. The van der Waals surface area contributed by atoms with Gasteiger partial charge < -0.3 is 0 Å². The monoisotopic (exact) mass is 323 g/mol. The number of thioether (sulfide) groups is 1. The summed E-state index contributed by atoms with van der Waals surface area (Å²) in [6.45, 7) is 2.07. The summed E-state index contributed by atoms with van der Waals surface area (Å²) in [6, 6.07) is 2.41. The molecule has 2 aliphatic rings. The zero-order valence-electron chi connectivity index (χ0n) is 11.4. The smallest absolute Gasteiger partial charge is 0.266 e. The molecule has 1 aliphatic heterocycles. The van der Waals surface area contributed by atoms with Crippen LogP contribution in [0.25, 0.3) is 6.08 Å². The number of amides is 1. The summed E-state index contributed by atoms with van der Waals surface area (Å²) in [4.78, 5) is 16.4. The molecule has 106 valence electrons. The number of hydrogen-bond acceptors (Lipinski definition) is 4. The molecule has 0 unspecified atom stereocenters. The summed E-state index contributed by atoms with van der Waals surface area (Å²) in [6.07, 6.45) is 7.91. The SMILES string of the molecule is Cc1ccsc1/C=C1/SC(=S)N(C2CCCCC2)C1=O. The third-order valence-electron chi connectivity index (χ3n) is 3.93. The van der Waals surface area contributed by atoms with Crippen molar-refractivity contribution in [1.82, 2.24) is 4.90 Å². The minimum atomic E-state index is 0.111. The number of nitrogens with zero attached hydrogens (tertiary/aromatic N) is 1. The van der Waals surface area contributed by atoms with Crippen LogP contribution in [0, 0.1) is 6.92 Å². The van der Waals surface area contributed by atoms with Crippen LogP contribution in [0.3, 0.4) is 0 Å². The Bertz CT molecular complexity index is 569. The zero-order valence-corrected chi connectivity index (χ0v) is 13.9. The standard InChI is InChI=1S/C15H17NOS3/c1-10-7-8-19-12(10)9-13-14(17)16(15(18)20-13)11-5-3-2-4-6-11/h7-9,11H,2-6H2,1H3/b13-9+. The summed E-state index contributed by atoms with van der Waals surface area (Å²) in [5.74, 6) is 0.111. The summed E-state index contributed by atoms with van der Waals surface area (Å²) in [7, 11) is 0. The first-order valence-electron chi connectivity index (χ1n) is 6.98. The third-order valence-corrected chi connectivity index (χ3v) is 6.22. The van der Waals surface area contributed by atoms with E-state index in [1.165, 1.54) is 36.6 Å². The molecule has 2 heterocycles. The minimum absolute atomic E-state index is 0.111. The van der Waals surface area contributed by atoms with Crippen molar-refractivity contribution in [1.29, 1.82) is 0 Å². The van der Waals surface area contributed by atoms with Crippen molar-refractivity contribution in [3.8, 4) is 0 Å². The molecule has 1 saturated carbocycles. The molecule has 0 radical (unpaired) electrons. The van der Waals surface area contributed by atoms with E-state index in [1.54, 1.807) is 11.3 Å². The van der Waals surface area contributed by atoms with E-state index in [4.69, 9.17) is 12.2 Å². The Morgan fingerprint density at radius 3 is 2.75 bits per heavy atom. The van der Waals surface area contributed by atoms with Gasteiger partial charge in [-0.2, -0.15) is 0 Å².